The van der Waals surface area contributed by atoms with Crippen molar-refractivity contribution in [3.8, 4) is 17.2 Å². The molecular weight excluding hydrogens is 480 g/mol. The van der Waals surface area contributed by atoms with Crippen molar-refractivity contribution in [3.63, 3.8) is 0 Å². The van der Waals surface area contributed by atoms with E-state index in [4.69, 9.17) is 33.8 Å². The Morgan fingerprint density at radius 3 is 2.19 bits per heavy atom. The molecule has 1 aliphatic carbocycles. The van der Waals surface area contributed by atoms with Gasteiger partial charge in [-0.15, -0.1) is 0 Å². The largest absolute Gasteiger partial charge is 0.490 e. The summed E-state index contributed by atoms with van der Waals surface area (Å²) in [5.74, 6) is -0.310. The number of carbonyl (C=O) groups excluding carboxylic acids is 1. The number of hydrogen-bond donors (Lipinski definition) is 1. The van der Waals surface area contributed by atoms with Crippen LogP contribution in [0.5, 0.6) is 17.2 Å². The molecular formula is C28H32O9. The molecule has 9 nitrogen and oxygen atoms in total. The summed E-state index contributed by atoms with van der Waals surface area (Å²) < 4.78 is 22.4. The molecule has 1 N–H and O–H groups in total. The lowest BCUT2D eigenvalue weighted by Crippen LogP contribution is -2.46. The summed E-state index contributed by atoms with van der Waals surface area (Å²) in [6.07, 6.45) is 4.32. The Labute approximate surface area is 215 Å². The van der Waals surface area contributed by atoms with Gasteiger partial charge in [-0.3, -0.25) is 9.59 Å². The molecule has 1 spiro atoms. The van der Waals surface area contributed by atoms with Gasteiger partial charge in [-0.1, -0.05) is 25.1 Å². The number of aliphatic carboxylic acids is 1. The lowest BCUT2D eigenvalue weighted by atomic mass is 9.94. The topological polar surface area (TPSA) is 110 Å². The fourth-order valence-electron chi connectivity index (χ4n) is 4.16. The number of carbonyl (C=O) groups is 2. The van der Waals surface area contributed by atoms with E-state index in [-0.39, 0.29) is 32.2 Å². The first kappa shape index (κ1) is 26.7. The van der Waals surface area contributed by atoms with Crippen molar-refractivity contribution in [2.75, 3.05) is 19.8 Å². The number of esters is 1. The summed E-state index contributed by atoms with van der Waals surface area (Å²) in [7, 11) is 0. The minimum Gasteiger partial charge on any atom is -0.490 e. The fourth-order valence-corrected chi connectivity index (χ4v) is 4.16. The summed E-state index contributed by atoms with van der Waals surface area (Å²) in [4.78, 5) is 33.2. The number of rotatable bonds is 11. The summed E-state index contributed by atoms with van der Waals surface area (Å²) in [5, 5.41) is 8.56. The molecule has 0 aromatic heterocycles. The lowest BCUT2D eigenvalue weighted by molar-refractivity contribution is -0.483. The first-order valence-electron chi connectivity index (χ1n) is 12.5. The molecule has 0 radical (unpaired) electrons. The van der Waals surface area contributed by atoms with Crippen molar-refractivity contribution in [2.24, 2.45) is 0 Å². The second kappa shape index (κ2) is 12.7. The maximum atomic E-state index is 11.4. The molecule has 4 rings (SSSR count). The smallest absolute Gasteiger partial charge is 0.306 e. The Morgan fingerprint density at radius 1 is 0.919 bits per heavy atom. The molecule has 9 heteroatoms. The van der Waals surface area contributed by atoms with Crippen LogP contribution >= 0.6 is 0 Å². The van der Waals surface area contributed by atoms with Gasteiger partial charge in [-0.05, 0) is 60.4 Å². The molecule has 198 valence electrons. The first-order chi connectivity index (χ1) is 17.9. The molecule has 0 amide bonds. The molecule has 1 aliphatic heterocycles. The molecule has 2 aromatic rings. The third kappa shape index (κ3) is 7.79. The van der Waals surface area contributed by atoms with Gasteiger partial charge in [0.2, 0.25) is 5.79 Å². The zero-order chi connectivity index (χ0) is 26.1. The maximum absolute atomic E-state index is 11.4. The van der Waals surface area contributed by atoms with Crippen LogP contribution in [-0.4, -0.2) is 48.8 Å². The highest BCUT2D eigenvalue weighted by atomic mass is 17.2. The fraction of sp³-hybridized carbons (Fsp3) is 0.429. The average Bonchev–Trinajstić information content (AvgIpc) is 2.92. The minimum absolute atomic E-state index is 0.0410. The van der Waals surface area contributed by atoms with Crippen LogP contribution in [0.1, 0.15) is 50.5 Å². The minimum atomic E-state index is -1.04. The van der Waals surface area contributed by atoms with Gasteiger partial charge in [0.25, 0.3) is 0 Å². The molecule has 1 saturated carbocycles. The van der Waals surface area contributed by atoms with Gasteiger partial charge in [-0.2, -0.15) is 0 Å². The van der Waals surface area contributed by atoms with Crippen LogP contribution in [0, 0.1) is 0 Å². The molecule has 1 unspecified atom stereocenters. The van der Waals surface area contributed by atoms with E-state index in [1.54, 1.807) is 24.3 Å². The second-order valence-corrected chi connectivity index (χ2v) is 9.04. The molecule has 1 atom stereocenters. The predicted molar refractivity (Wildman–Crippen MR) is 133 cm³/mol. The molecule has 2 aromatic carbocycles. The zero-order valence-electron chi connectivity index (χ0n) is 20.7. The van der Waals surface area contributed by atoms with E-state index in [9.17, 15) is 9.59 Å². The van der Waals surface area contributed by atoms with E-state index in [2.05, 4.69) is 6.58 Å². The summed E-state index contributed by atoms with van der Waals surface area (Å²) in [5.41, 5.74) is 1.70. The number of ether oxygens (including phenoxy) is 4. The third-order valence-electron chi connectivity index (χ3n) is 6.26. The van der Waals surface area contributed by atoms with Crippen LogP contribution < -0.4 is 9.47 Å². The molecule has 2 fully saturated rings. The van der Waals surface area contributed by atoms with Crippen LogP contribution in [0.4, 0.5) is 0 Å². The lowest BCUT2D eigenvalue weighted by Gasteiger charge is -2.41. The Hall–Kier alpha value is -3.40. The third-order valence-corrected chi connectivity index (χ3v) is 6.26. The monoisotopic (exact) mass is 512 g/mol. The van der Waals surface area contributed by atoms with E-state index >= 15 is 0 Å². The van der Waals surface area contributed by atoms with Gasteiger partial charge >= 0.3 is 11.9 Å². The Bertz CT molecular complexity index is 1050. The predicted octanol–water partition coefficient (Wildman–Crippen LogP) is 5.29. The maximum Gasteiger partial charge on any atom is 0.306 e. The quantitative estimate of drug-likeness (QED) is 0.244. The van der Waals surface area contributed by atoms with Crippen LogP contribution in [-0.2, 0) is 28.8 Å². The van der Waals surface area contributed by atoms with Gasteiger partial charge in [0.1, 0.15) is 36.6 Å². The highest BCUT2D eigenvalue weighted by Gasteiger charge is 2.41. The first-order valence-corrected chi connectivity index (χ1v) is 12.5. The van der Waals surface area contributed by atoms with Crippen molar-refractivity contribution in [1.29, 1.82) is 0 Å². The number of hydrogen-bond acceptors (Lipinski definition) is 8. The van der Waals surface area contributed by atoms with E-state index in [0.29, 0.717) is 23.9 Å². The van der Waals surface area contributed by atoms with Gasteiger partial charge in [0.15, 0.2) is 0 Å². The van der Waals surface area contributed by atoms with Crippen molar-refractivity contribution < 1.29 is 43.4 Å². The Kier molecular flexibility index (Phi) is 9.16. The van der Waals surface area contributed by atoms with Crippen molar-refractivity contribution in [3.05, 3.63) is 60.7 Å². The standard InChI is InChI=1S/C28H32O9/c1-20(25-19-34-28(37-36-25)15-3-2-4-16-28)21-5-7-23(8-6-21)35-24-11-9-22(10-12-24)32-17-18-33-27(31)14-13-26(29)30/h5-12,25H,1-4,13-19H2,(H,29,30). The van der Waals surface area contributed by atoms with E-state index in [1.807, 2.05) is 24.3 Å². The molecule has 1 saturated heterocycles. The SMILES string of the molecule is C=C(c1ccc(Oc2ccc(OCCOC(=O)CCC(=O)O)cc2)cc1)C1COC2(CCCCC2)OO1. The number of carboxylic acids is 1. The molecule has 1 heterocycles. The average molecular weight is 513 g/mol. The van der Waals surface area contributed by atoms with Gasteiger partial charge in [-0.25, -0.2) is 9.78 Å². The van der Waals surface area contributed by atoms with Gasteiger partial charge < -0.3 is 24.1 Å². The van der Waals surface area contributed by atoms with Gasteiger partial charge in [0, 0.05) is 12.8 Å². The van der Waals surface area contributed by atoms with E-state index < -0.39 is 17.7 Å². The highest BCUT2D eigenvalue weighted by Crippen LogP contribution is 2.38. The Balaban J connectivity index is 1.19. The van der Waals surface area contributed by atoms with Crippen molar-refractivity contribution in [1.82, 2.24) is 0 Å². The van der Waals surface area contributed by atoms with Crippen molar-refractivity contribution in [2.45, 2.75) is 56.8 Å². The van der Waals surface area contributed by atoms with Crippen LogP contribution in [0.15, 0.2) is 55.1 Å². The van der Waals surface area contributed by atoms with E-state index in [0.717, 1.165) is 36.8 Å². The van der Waals surface area contributed by atoms with Gasteiger partial charge in [0.05, 0.1) is 19.4 Å². The Morgan fingerprint density at radius 2 is 1.57 bits per heavy atom. The number of benzene rings is 2. The van der Waals surface area contributed by atoms with Crippen LogP contribution in [0.2, 0.25) is 0 Å². The highest BCUT2D eigenvalue weighted by molar-refractivity contribution is 5.76. The molecule has 2 aliphatic rings. The summed E-state index contributed by atoms with van der Waals surface area (Å²) in [6, 6.07) is 14.6. The summed E-state index contributed by atoms with van der Waals surface area (Å²) in [6.45, 7) is 4.79. The zero-order valence-corrected chi connectivity index (χ0v) is 20.7. The molecule has 0 bridgehead atoms. The van der Waals surface area contributed by atoms with Crippen LogP contribution in [0.3, 0.4) is 0 Å². The van der Waals surface area contributed by atoms with E-state index in [1.165, 1.54) is 6.42 Å². The second-order valence-electron chi connectivity index (χ2n) is 9.04. The van der Waals surface area contributed by atoms with Crippen LogP contribution in [0.25, 0.3) is 5.57 Å². The normalized spacial score (nSPS) is 18.6. The van der Waals surface area contributed by atoms with Crippen molar-refractivity contribution >= 4 is 17.5 Å². The number of carboxylic acid groups (broad SMARTS) is 1. The molecule has 37 heavy (non-hydrogen) atoms. The summed E-state index contributed by atoms with van der Waals surface area (Å²) >= 11 is 0.